The second-order valence-corrected chi connectivity index (χ2v) is 4.35. The van der Waals surface area contributed by atoms with Crippen molar-refractivity contribution in [1.82, 2.24) is 0 Å². The molecule has 3 heteroatoms. The molecule has 0 amide bonds. The zero-order valence-electron chi connectivity index (χ0n) is 7.34. The van der Waals surface area contributed by atoms with Crippen molar-refractivity contribution >= 4 is 40.6 Å². The molecule has 0 spiro atoms. The second-order valence-electron chi connectivity index (χ2n) is 2.79. The molecule has 0 fully saturated rings. The molecule has 2 aromatic heterocycles. The van der Waals surface area contributed by atoms with E-state index in [0.717, 1.165) is 23.0 Å². The maximum atomic E-state index is 10.9. The maximum Gasteiger partial charge on any atom is 0.150 e. The molecule has 1 nitrogen and oxygen atoms in total. The van der Waals surface area contributed by atoms with Crippen molar-refractivity contribution in [3.63, 3.8) is 0 Å². The number of thiophene rings is 2. The third-order valence-corrected chi connectivity index (χ3v) is 3.23. The molecule has 0 atom stereocenters. The van der Waals surface area contributed by atoms with Crippen molar-refractivity contribution in [2.75, 3.05) is 0 Å². The first-order chi connectivity index (χ1) is 6.90. The van der Waals surface area contributed by atoms with Crippen LogP contribution in [0.1, 0.15) is 11.1 Å². The smallest absolute Gasteiger partial charge is 0.150 e. The molecule has 0 saturated carbocycles. The van der Waals surface area contributed by atoms with Gasteiger partial charge in [0.2, 0.25) is 0 Å². The number of hydrogen-bond acceptors (Lipinski definition) is 3. The third kappa shape index (κ3) is 2.00. The van der Waals surface area contributed by atoms with Gasteiger partial charge < -0.3 is 0 Å². The molecule has 0 unspecified atom stereocenters. The van der Waals surface area contributed by atoms with Crippen LogP contribution in [0.2, 0.25) is 0 Å². The van der Waals surface area contributed by atoms with Crippen LogP contribution in [0.5, 0.6) is 0 Å². The van der Waals surface area contributed by atoms with Gasteiger partial charge in [0, 0.05) is 5.57 Å². The van der Waals surface area contributed by atoms with Crippen LogP contribution < -0.4 is 0 Å². The highest BCUT2D eigenvalue weighted by molar-refractivity contribution is 7.08. The Labute approximate surface area is 90.3 Å². The molecule has 2 heterocycles. The van der Waals surface area contributed by atoms with Gasteiger partial charge in [-0.3, -0.25) is 4.79 Å². The van der Waals surface area contributed by atoms with E-state index in [9.17, 15) is 4.79 Å². The summed E-state index contributed by atoms with van der Waals surface area (Å²) in [4.78, 5) is 10.9. The fraction of sp³-hybridized carbons (Fsp3) is 0. The number of carbonyl (C=O) groups is 1. The van der Waals surface area contributed by atoms with Crippen LogP contribution in [-0.4, -0.2) is 6.29 Å². The Bertz CT molecular complexity index is 424. The molecule has 0 bridgehead atoms. The SMILES string of the molecule is O=C/C(=C/c1ccsc1)c1ccsc1. The van der Waals surface area contributed by atoms with Gasteiger partial charge in [-0.05, 0) is 50.9 Å². The Balaban J connectivity index is 2.35. The highest BCUT2D eigenvalue weighted by Crippen LogP contribution is 2.19. The first-order valence-electron chi connectivity index (χ1n) is 4.12. The van der Waals surface area contributed by atoms with Crippen LogP contribution in [-0.2, 0) is 4.79 Å². The van der Waals surface area contributed by atoms with E-state index in [1.165, 1.54) is 0 Å². The summed E-state index contributed by atoms with van der Waals surface area (Å²) >= 11 is 3.23. The van der Waals surface area contributed by atoms with E-state index < -0.39 is 0 Å². The summed E-state index contributed by atoms with van der Waals surface area (Å²) in [7, 11) is 0. The zero-order valence-corrected chi connectivity index (χ0v) is 8.98. The van der Waals surface area contributed by atoms with Gasteiger partial charge in [0.1, 0.15) is 0 Å². The molecular weight excluding hydrogens is 212 g/mol. The number of aldehydes is 1. The Morgan fingerprint density at radius 2 is 1.93 bits per heavy atom. The minimum atomic E-state index is 0.740. The predicted molar refractivity (Wildman–Crippen MR) is 62.6 cm³/mol. The van der Waals surface area contributed by atoms with Crippen molar-refractivity contribution in [3.05, 3.63) is 44.8 Å². The monoisotopic (exact) mass is 220 g/mol. The Kier molecular flexibility index (Phi) is 2.91. The van der Waals surface area contributed by atoms with Gasteiger partial charge in [-0.25, -0.2) is 0 Å². The topological polar surface area (TPSA) is 17.1 Å². The van der Waals surface area contributed by atoms with Crippen molar-refractivity contribution in [2.45, 2.75) is 0 Å². The lowest BCUT2D eigenvalue weighted by Crippen LogP contribution is -1.81. The number of carbonyl (C=O) groups excluding carboxylic acids is 1. The van der Waals surface area contributed by atoms with Crippen LogP contribution in [0.4, 0.5) is 0 Å². The molecule has 0 radical (unpaired) electrons. The van der Waals surface area contributed by atoms with Crippen LogP contribution in [0.3, 0.4) is 0 Å². The van der Waals surface area contributed by atoms with Crippen LogP contribution in [0.25, 0.3) is 11.6 Å². The predicted octanol–water partition coefficient (Wildman–Crippen LogP) is 3.55. The summed E-state index contributed by atoms with van der Waals surface area (Å²) in [5.74, 6) is 0. The standard InChI is InChI=1S/C11H8OS2/c12-6-11(10-2-4-14-8-10)5-9-1-3-13-7-9/h1-8H/b11-5-. The largest absolute Gasteiger partial charge is 0.298 e. The van der Waals surface area contributed by atoms with E-state index in [4.69, 9.17) is 0 Å². The van der Waals surface area contributed by atoms with Gasteiger partial charge in [-0.15, -0.1) is 0 Å². The average molecular weight is 220 g/mol. The molecule has 0 aliphatic rings. The molecule has 0 N–H and O–H groups in total. The van der Waals surface area contributed by atoms with Gasteiger partial charge in [0.25, 0.3) is 0 Å². The Morgan fingerprint density at radius 1 is 1.14 bits per heavy atom. The summed E-state index contributed by atoms with van der Waals surface area (Å²) in [6, 6.07) is 3.96. The summed E-state index contributed by atoms with van der Waals surface area (Å²) in [6.07, 6.45) is 2.81. The molecular formula is C11H8OS2. The Hall–Kier alpha value is -1.19. The Morgan fingerprint density at radius 3 is 2.50 bits per heavy atom. The molecule has 14 heavy (non-hydrogen) atoms. The van der Waals surface area contributed by atoms with E-state index in [2.05, 4.69) is 0 Å². The van der Waals surface area contributed by atoms with Gasteiger partial charge in [-0.1, -0.05) is 0 Å². The normalized spacial score (nSPS) is 11.6. The van der Waals surface area contributed by atoms with E-state index in [1.54, 1.807) is 22.7 Å². The molecule has 0 saturated heterocycles. The number of allylic oxidation sites excluding steroid dienone is 1. The van der Waals surface area contributed by atoms with Crippen LogP contribution in [0, 0.1) is 0 Å². The van der Waals surface area contributed by atoms with Crippen molar-refractivity contribution < 1.29 is 4.79 Å². The average Bonchev–Trinajstić information content (AvgIpc) is 2.86. The molecule has 2 rings (SSSR count). The minimum Gasteiger partial charge on any atom is -0.298 e. The fourth-order valence-electron chi connectivity index (χ4n) is 1.15. The van der Waals surface area contributed by atoms with Gasteiger partial charge >= 0.3 is 0 Å². The van der Waals surface area contributed by atoms with Gasteiger partial charge in [0.05, 0.1) is 0 Å². The lowest BCUT2D eigenvalue weighted by atomic mass is 10.1. The molecule has 0 aliphatic carbocycles. The van der Waals surface area contributed by atoms with Crippen molar-refractivity contribution in [1.29, 1.82) is 0 Å². The van der Waals surface area contributed by atoms with E-state index >= 15 is 0 Å². The quantitative estimate of drug-likeness (QED) is 0.571. The van der Waals surface area contributed by atoms with Gasteiger partial charge in [0.15, 0.2) is 6.29 Å². The zero-order chi connectivity index (χ0) is 9.80. The number of hydrogen-bond donors (Lipinski definition) is 0. The highest BCUT2D eigenvalue weighted by Gasteiger charge is 2.00. The van der Waals surface area contributed by atoms with Crippen LogP contribution >= 0.6 is 22.7 Å². The van der Waals surface area contributed by atoms with Crippen LogP contribution in [0.15, 0.2) is 33.7 Å². The molecule has 2 aromatic rings. The lowest BCUT2D eigenvalue weighted by Gasteiger charge is -1.93. The van der Waals surface area contributed by atoms with Crippen molar-refractivity contribution in [2.24, 2.45) is 0 Å². The summed E-state index contributed by atoms with van der Waals surface area (Å²) in [6.45, 7) is 0. The summed E-state index contributed by atoms with van der Waals surface area (Å²) in [5, 5.41) is 7.98. The maximum absolute atomic E-state index is 10.9. The summed E-state index contributed by atoms with van der Waals surface area (Å²) in [5.41, 5.74) is 2.82. The summed E-state index contributed by atoms with van der Waals surface area (Å²) < 4.78 is 0. The highest BCUT2D eigenvalue weighted by atomic mass is 32.1. The first kappa shape index (κ1) is 9.37. The van der Waals surface area contributed by atoms with E-state index in [0.29, 0.717) is 0 Å². The first-order valence-corrected chi connectivity index (χ1v) is 6.00. The number of rotatable bonds is 3. The molecule has 0 aliphatic heterocycles. The van der Waals surface area contributed by atoms with E-state index in [-0.39, 0.29) is 0 Å². The van der Waals surface area contributed by atoms with Crippen molar-refractivity contribution in [3.8, 4) is 0 Å². The molecule has 70 valence electrons. The molecule has 0 aromatic carbocycles. The fourth-order valence-corrected chi connectivity index (χ4v) is 2.43. The second kappa shape index (κ2) is 4.35. The van der Waals surface area contributed by atoms with Gasteiger partial charge in [-0.2, -0.15) is 22.7 Å². The van der Waals surface area contributed by atoms with E-state index in [1.807, 2.05) is 39.7 Å². The lowest BCUT2D eigenvalue weighted by molar-refractivity contribution is -0.103. The third-order valence-electron chi connectivity index (χ3n) is 1.85. The minimum absolute atomic E-state index is 0.740.